The summed E-state index contributed by atoms with van der Waals surface area (Å²) in [6.07, 6.45) is 7.76. The van der Waals surface area contributed by atoms with Gasteiger partial charge in [-0.15, -0.1) is 0 Å². The quantitative estimate of drug-likeness (QED) is 0.473. The molecule has 0 aromatic rings. The molecule has 0 bridgehead atoms. The average molecular weight is 195 g/mol. The molecule has 0 saturated heterocycles. The average Bonchev–Trinajstić information content (AvgIpc) is 2.21. The predicted octanol–water partition coefficient (Wildman–Crippen LogP) is 1.29. The zero-order valence-corrected chi connectivity index (χ0v) is 9.38. The first-order valence-electron chi connectivity index (χ1n) is 4.82. The summed E-state index contributed by atoms with van der Waals surface area (Å²) in [4.78, 5) is 0. The largest absolute Gasteiger partial charge is 0.319 e. The number of nitrogens with one attached hydrogen (secondary N) is 2. The number of allylic oxidation sites excluding steroid dienone is 4. The van der Waals surface area contributed by atoms with Crippen LogP contribution in [0.25, 0.3) is 0 Å². The molecule has 0 rings (SSSR count). The minimum absolute atomic E-state index is 0.942. The van der Waals surface area contributed by atoms with Gasteiger partial charge in [0, 0.05) is 25.8 Å². The molecule has 3 nitrogen and oxygen atoms in total. The second-order valence-corrected chi connectivity index (χ2v) is 2.99. The lowest BCUT2D eigenvalue weighted by Crippen LogP contribution is -2.37. The van der Waals surface area contributed by atoms with Crippen molar-refractivity contribution in [3.63, 3.8) is 0 Å². The van der Waals surface area contributed by atoms with Crippen molar-refractivity contribution in [2.45, 2.75) is 6.92 Å². The van der Waals surface area contributed by atoms with E-state index >= 15 is 0 Å². The first-order valence-corrected chi connectivity index (χ1v) is 4.82. The summed E-state index contributed by atoms with van der Waals surface area (Å²) in [7, 11) is 3.95. The number of rotatable bonds is 7. The Morgan fingerprint density at radius 2 is 2.21 bits per heavy atom. The Labute approximate surface area is 87.1 Å². The van der Waals surface area contributed by atoms with E-state index < -0.39 is 0 Å². The summed E-state index contributed by atoms with van der Waals surface area (Å²) in [5.74, 6) is 0. The third kappa shape index (κ3) is 6.46. The molecule has 0 amide bonds. The third-order valence-corrected chi connectivity index (χ3v) is 1.71. The molecule has 80 valence electrons. The normalized spacial score (nSPS) is 12.4. The van der Waals surface area contributed by atoms with Crippen molar-refractivity contribution >= 4 is 0 Å². The van der Waals surface area contributed by atoms with Crippen LogP contribution < -0.4 is 10.7 Å². The van der Waals surface area contributed by atoms with Gasteiger partial charge in [-0.3, -0.25) is 0 Å². The monoisotopic (exact) mass is 195 g/mol. The lowest BCUT2D eigenvalue weighted by atomic mass is 10.4. The van der Waals surface area contributed by atoms with Crippen LogP contribution >= 0.6 is 0 Å². The van der Waals surface area contributed by atoms with Crippen molar-refractivity contribution in [1.82, 2.24) is 15.8 Å². The molecule has 0 radical (unpaired) electrons. The van der Waals surface area contributed by atoms with Crippen LogP contribution in [0.5, 0.6) is 0 Å². The minimum atomic E-state index is 0.942. The van der Waals surface area contributed by atoms with Crippen LogP contribution in [0.15, 0.2) is 36.6 Å². The number of likely N-dealkylation sites (N-methyl/N-ethyl adjacent to an activating group) is 2. The van der Waals surface area contributed by atoms with Crippen LogP contribution in [0, 0.1) is 0 Å². The van der Waals surface area contributed by atoms with Gasteiger partial charge in [-0.25, -0.2) is 5.01 Å². The molecule has 0 heterocycles. The van der Waals surface area contributed by atoms with Gasteiger partial charge in [-0.1, -0.05) is 18.7 Å². The lowest BCUT2D eigenvalue weighted by Gasteiger charge is -2.19. The number of hydrogen-bond donors (Lipinski definition) is 2. The molecule has 0 aliphatic carbocycles. The Bertz CT molecular complexity index is 207. The van der Waals surface area contributed by atoms with Gasteiger partial charge in [0.05, 0.1) is 0 Å². The molecule has 0 atom stereocenters. The Hall–Kier alpha value is -1.06. The molecular weight excluding hydrogens is 174 g/mol. The van der Waals surface area contributed by atoms with Crippen LogP contribution in [0.1, 0.15) is 6.92 Å². The highest BCUT2D eigenvalue weighted by Gasteiger charge is 1.95. The Morgan fingerprint density at radius 1 is 1.50 bits per heavy atom. The van der Waals surface area contributed by atoms with E-state index in [9.17, 15) is 0 Å². The topological polar surface area (TPSA) is 27.3 Å². The van der Waals surface area contributed by atoms with Gasteiger partial charge in [-0.05, 0) is 26.1 Å². The highest BCUT2D eigenvalue weighted by Crippen LogP contribution is 1.92. The molecule has 0 aliphatic heterocycles. The summed E-state index contributed by atoms with van der Waals surface area (Å²) < 4.78 is 0. The molecule has 0 aromatic carbocycles. The Morgan fingerprint density at radius 3 is 2.71 bits per heavy atom. The fraction of sp³-hybridized carbons (Fsp3) is 0.455. The van der Waals surface area contributed by atoms with Gasteiger partial charge in [0.15, 0.2) is 0 Å². The van der Waals surface area contributed by atoms with Gasteiger partial charge in [0.2, 0.25) is 0 Å². The van der Waals surface area contributed by atoms with Crippen LogP contribution in [0.4, 0.5) is 0 Å². The van der Waals surface area contributed by atoms with E-state index in [1.54, 1.807) is 6.08 Å². The van der Waals surface area contributed by atoms with E-state index in [4.69, 9.17) is 0 Å². The van der Waals surface area contributed by atoms with Crippen LogP contribution in [-0.2, 0) is 0 Å². The molecule has 14 heavy (non-hydrogen) atoms. The predicted molar refractivity (Wildman–Crippen MR) is 62.8 cm³/mol. The molecule has 0 aliphatic rings. The highest BCUT2D eigenvalue weighted by atomic mass is 15.5. The van der Waals surface area contributed by atoms with E-state index in [-0.39, 0.29) is 0 Å². The summed E-state index contributed by atoms with van der Waals surface area (Å²) in [6.45, 7) is 7.63. The molecule has 0 aromatic heterocycles. The Balaban J connectivity index is 3.97. The van der Waals surface area contributed by atoms with Crippen molar-refractivity contribution < 1.29 is 0 Å². The third-order valence-electron chi connectivity index (χ3n) is 1.71. The number of hydrogen-bond acceptors (Lipinski definition) is 3. The smallest absolute Gasteiger partial charge is 0.0483 e. The molecule has 0 spiro atoms. The fourth-order valence-corrected chi connectivity index (χ4v) is 0.907. The van der Waals surface area contributed by atoms with Crippen molar-refractivity contribution in [3.05, 3.63) is 36.6 Å². The van der Waals surface area contributed by atoms with Crippen LogP contribution in [0.2, 0.25) is 0 Å². The molecular formula is C11H21N3. The van der Waals surface area contributed by atoms with Gasteiger partial charge >= 0.3 is 0 Å². The van der Waals surface area contributed by atoms with Crippen molar-refractivity contribution in [1.29, 1.82) is 0 Å². The van der Waals surface area contributed by atoms with Gasteiger partial charge < -0.3 is 10.7 Å². The Kier molecular flexibility index (Phi) is 7.89. The van der Waals surface area contributed by atoms with Gasteiger partial charge in [0.25, 0.3) is 0 Å². The summed E-state index contributed by atoms with van der Waals surface area (Å²) in [5.41, 5.74) is 4.22. The van der Waals surface area contributed by atoms with Crippen molar-refractivity contribution in [2.24, 2.45) is 0 Å². The van der Waals surface area contributed by atoms with E-state index in [1.165, 1.54) is 0 Å². The van der Waals surface area contributed by atoms with Gasteiger partial charge in [0.1, 0.15) is 0 Å². The maximum Gasteiger partial charge on any atom is 0.0483 e. The summed E-state index contributed by atoms with van der Waals surface area (Å²) in [5, 5.41) is 5.11. The maximum absolute atomic E-state index is 3.74. The second kappa shape index (κ2) is 8.53. The molecule has 0 unspecified atom stereocenters. The standard InChI is InChI=1S/C11H21N3/c1-5-7-8-11(6-2)13-14(4)10-9-12-3/h5-8,12-13H,2,9-10H2,1,3-4H3/b7-5-,11-8+. The van der Waals surface area contributed by atoms with Crippen molar-refractivity contribution in [3.8, 4) is 0 Å². The van der Waals surface area contributed by atoms with Crippen LogP contribution in [0.3, 0.4) is 0 Å². The van der Waals surface area contributed by atoms with Crippen LogP contribution in [-0.4, -0.2) is 32.2 Å². The van der Waals surface area contributed by atoms with E-state index in [0.29, 0.717) is 0 Å². The van der Waals surface area contributed by atoms with Gasteiger partial charge in [-0.2, -0.15) is 0 Å². The van der Waals surface area contributed by atoms with Crippen molar-refractivity contribution in [2.75, 3.05) is 27.2 Å². The molecule has 3 heteroatoms. The SMILES string of the molecule is C=C/C(=C\C=C/C)NN(C)CCNC. The highest BCUT2D eigenvalue weighted by molar-refractivity contribution is 5.19. The second-order valence-electron chi connectivity index (χ2n) is 2.99. The molecule has 0 saturated carbocycles. The zero-order valence-electron chi connectivity index (χ0n) is 9.38. The first-order chi connectivity index (χ1) is 6.74. The molecule has 0 fully saturated rings. The summed E-state index contributed by atoms with van der Waals surface area (Å²) >= 11 is 0. The first kappa shape index (κ1) is 12.9. The summed E-state index contributed by atoms with van der Waals surface area (Å²) in [6, 6.07) is 0. The maximum atomic E-state index is 3.74. The van der Waals surface area contributed by atoms with E-state index in [1.807, 2.05) is 44.3 Å². The fourth-order valence-electron chi connectivity index (χ4n) is 0.907. The zero-order chi connectivity index (χ0) is 10.8. The number of nitrogens with zero attached hydrogens (tertiary/aromatic N) is 1. The lowest BCUT2D eigenvalue weighted by molar-refractivity contribution is 0.271. The number of hydrazine groups is 1. The minimum Gasteiger partial charge on any atom is -0.319 e. The van der Waals surface area contributed by atoms with E-state index in [0.717, 1.165) is 18.8 Å². The van der Waals surface area contributed by atoms with E-state index in [2.05, 4.69) is 17.3 Å². The molecule has 2 N–H and O–H groups in total.